The summed E-state index contributed by atoms with van der Waals surface area (Å²) >= 11 is 0. The molecule has 0 bridgehead atoms. The SMILES string of the molecule is CCCC(=O)CCN(C)CCCCCCN(C)CCC(=O)OCC. The quantitative estimate of drug-likeness (QED) is 0.319. The zero-order valence-corrected chi connectivity index (χ0v) is 16.3. The molecule has 142 valence electrons. The Bertz CT molecular complexity index is 303. The van der Waals surface area contributed by atoms with E-state index in [1.807, 2.05) is 6.92 Å². The third-order valence-electron chi connectivity index (χ3n) is 4.13. The van der Waals surface area contributed by atoms with Gasteiger partial charge in [0, 0.05) is 25.9 Å². The van der Waals surface area contributed by atoms with Crippen LogP contribution >= 0.6 is 0 Å². The molecule has 0 aromatic heterocycles. The fraction of sp³-hybridized carbons (Fsp3) is 0.895. The molecule has 0 aliphatic carbocycles. The van der Waals surface area contributed by atoms with Gasteiger partial charge in [0.25, 0.3) is 0 Å². The number of ketones is 1. The summed E-state index contributed by atoms with van der Waals surface area (Å²) in [4.78, 5) is 27.2. The molecule has 0 atom stereocenters. The maximum atomic E-state index is 11.5. The molecule has 5 nitrogen and oxygen atoms in total. The van der Waals surface area contributed by atoms with Crippen LogP contribution in [0.4, 0.5) is 0 Å². The highest BCUT2D eigenvalue weighted by atomic mass is 16.5. The third-order valence-corrected chi connectivity index (χ3v) is 4.13. The summed E-state index contributed by atoms with van der Waals surface area (Å²) in [7, 11) is 4.16. The minimum absolute atomic E-state index is 0.107. The smallest absolute Gasteiger partial charge is 0.307 e. The second-order valence-corrected chi connectivity index (χ2v) is 6.61. The van der Waals surface area contributed by atoms with Gasteiger partial charge in [0.05, 0.1) is 13.0 Å². The van der Waals surface area contributed by atoms with E-state index in [0.717, 1.165) is 45.4 Å². The molecule has 0 amide bonds. The van der Waals surface area contributed by atoms with E-state index in [1.54, 1.807) is 0 Å². The van der Waals surface area contributed by atoms with Crippen molar-refractivity contribution in [1.82, 2.24) is 9.80 Å². The second kappa shape index (κ2) is 15.6. The Kier molecular flexibility index (Phi) is 15.0. The van der Waals surface area contributed by atoms with Crippen molar-refractivity contribution in [3.63, 3.8) is 0 Å². The van der Waals surface area contributed by atoms with Crippen LogP contribution < -0.4 is 0 Å². The zero-order chi connectivity index (χ0) is 18.2. The molecule has 0 aliphatic heterocycles. The molecular formula is C19H38N2O3. The van der Waals surface area contributed by atoms with Crippen molar-refractivity contribution in [1.29, 1.82) is 0 Å². The minimum Gasteiger partial charge on any atom is -0.466 e. The van der Waals surface area contributed by atoms with Crippen LogP contribution in [0.3, 0.4) is 0 Å². The van der Waals surface area contributed by atoms with Crippen LogP contribution in [0.15, 0.2) is 0 Å². The lowest BCUT2D eigenvalue weighted by Gasteiger charge is -2.17. The van der Waals surface area contributed by atoms with Crippen molar-refractivity contribution < 1.29 is 14.3 Å². The highest BCUT2D eigenvalue weighted by molar-refractivity contribution is 5.78. The number of esters is 1. The van der Waals surface area contributed by atoms with Crippen molar-refractivity contribution in [2.45, 2.75) is 65.2 Å². The van der Waals surface area contributed by atoms with Crippen molar-refractivity contribution in [2.24, 2.45) is 0 Å². The van der Waals surface area contributed by atoms with Gasteiger partial charge >= 0.3 is 5.97 Å². The average molecular weight is 343 g/mol. The lowest BCUT2D eigenvalue weighted by Crippen LogP contribution is -2.24. The van der Waals surface area contributed by atoms with Crippen molar-refractivity contribution >= 4 is 11.8 Å². The van der Waals surface area contributed by atoms with E-state index in [-0.39, 0.29) is 5.97 Å². The molecule has 0 N–H and O–H groups in total. The Hall–Kier alpha value is -0.940. The third kappa shape index (κ3) is 14.6. The number of unbranched alkanes of at least 4 members (excludes halogenated alkanes) is 3. The van der Waals surface area contributed by atoms with Gasteiger partial charge in [0.2, 0.25) is 0 Å². The maximum Gasteiger partial charge on any atom is 0.307 e. The highest BCUT2D eigenvalue weighted by Crippen LogP contribution is 2.04. The monoisotopic (exact) mass is 342 g/mol. The fourth-order valence-electron chi connectivity index (χ4n) is 2.58. The summed E-state index contributed by atoms with van der Waals surface area (Å²) < 4.78 is 4.93. The number of rotatable bonds is 16. The van der Waals surface area contributed by atoms with E-state index >= 15 is 0 Å². The lowest BCUT2D eigenvalue weighted by molar-refractivity contribution is -0.143. The topological polar surface area (TPSA) is 49.9 Å². The minimum atomic E-state index is -0.107. The standard InChI is InChI=1S/C19H38N2O3/c1-5-11-18(22)12-16-20(3)14-9-7-8-10-15-21(4)17-13-19(23)24-6-2/h5-17H2,1-4H3. The second-order valence-electron chi connectivity index (χ2n) is 6.61. The summed E-state index contributed by atoms with van der Waals surface area (Å²) in [6.07, 6.45) is 7.63. The number of carbonyl (C=O) groups is 2. The molecule has 0 aromatic carbocycles. The Morgan fingerprint density at radius 2 is 1.29 bits per heavy atom. The normalized spacial score (nSPS) is 11.2. The van der Waals surface area contributed by atoms with Gasteiger partial charge in [-0.1, -0.05) is 19.8 Å². The Morgan fingerprint density at radius 3 is 1.79 bits per heavy atom. The van der Waals surface area contributed by atoms with Crippen LogP contribution in [0.25, 0.3) is 0 Å². The van der Waals surface area contributed by atoms with Crippen LogP contribution in [0, 0.1) is 0 Å². The number of hydrogen-bond donors (Lipinski definition) is 0. The van der Waals surface area contributed by atoms with Crippen LogP contribution in [0.5, 0.6) is 0 Å². The largest absolute Gasteiger partial charge is 0.466 e. The van der Waals surface area contributed by atoms with Crippen molar-refractivity contribution in [3.8, 4) is 0 Å². The first-order valence-corrected chi connectivity index (χ1v) is 9.54. The lowest BCUT2D eigenvalue weighted by atomic mass is 10.1. The van der Waals surface area contributed by atoms with Gasteiger partial charge in [-0.05, 0) is 53.4 Å². The van der Waals surface area contributed by atoms with E-state index in [4.69, 9.17) is 4.74 Å². The maximum absolute atomic E-state index is 11.5. The van der Waals surface area contributed by atoms with Gasteiger partial charge in [-0.3, -0.25) is 9.59 Å². The van der Waals surface area contributed by atoms with Crippen LogP contribution in [0.1, 0.15) is 65.2 Å². The van der Waals surface area contributed by atoms with Gasteiger partial charge in [0.15, 0.2) is 0 Å². The van der Waals surface area contributed by atoms with Gasteiger partial charge < -0.3 is 14.5 Å². The molecule has 0 saturated heterocycles. The average Bonchev–Trinajstić information content (AvgIpc) is 2.54. The van der Waals surface area contributed by atoms with Gasteiger partial charge in [-0.15, -0.1) is 0 Å². The molecule has 0 fully saturated rings. The summed E-state index contributed by atoms with van der Waals surface area (Å²) in [6.45, 7) is 8.10. The molecule has 0 aliphatic rings. The molecule has 0 radical (unpaired) electrons. The predicted molar refractivity (Wildman–Crippen MR) is 99.2 cm³/mol. The van der Waals surface area contributed by atoms with Gasteiger partial charge in [-0.2, -0.15) is 0 Å². The Labute approximate surface area is 148 Å². The molecule has 24 heavy (non-hydrogen) atoms. The number of nitrogens with zero attached hydrogens (tertiary/aromatic N) is 2. The number of carbonyl (C=O) groups excluding carboxylic acids is 2. The van der Waals surface area contributed by atoms with Gasteiger partial charge in [-0.25, -0.2) is 0 Å². The number of Topliss-reactive ketones (excluding diaryl/α,β-unsaturated/α-hetero) is 1. The predicted octanol–water partition coefficient (Wildman–Crippen LogP) is 3.12. The Morgan fingerprint density at radius 1 is 0.750 bits per heavy atom. The summed E-state index contributed by atoms with van der Waals surface area (Å²) in [5.41, 5.74) is 0. The van der Waals surface area contributed by atoms with Crippen molar-refractivity contribution in [3.05, 3.63) is 0 Å². The first-order valence-electron chi connectivity index (χ1n) is 9.54. The molecule has 0 saturated carbocycles. The van der Waals surface area contributed by atoms with E-state index in [9.17, 15) is 9.59 Å². The molecule has 0 unspecified atom stereocenters. The van der Waals surface area contributed by atoms with Crippen LogP contribution in [-0.2, 0) is 14.3 Å². The summed E-state index contributed by atoms with van der Waals surface area (Å²) in [5.74, 6) is 0.278. The summed E-state index contributed by atoms with van der Waals surface area (Å²) in [6, 6.07) is 0. The molecule has 0 aromatic rings. The molecule has 0 heterocycles. The molecule has 5 heteroatoms. The Balaban J connectivity index is 3.46. The number of ether oxygens (including phenoxy) is 1. The van der Waals surface area contributed by atoms with Crippen LogP contribution in [-0.4, -0.2) is 68.4 Å². The fourth-order valence-corrected chi connectivity index (χ4v) is 2.58. The summed E-state index contributed by atoms with van der Waals surface area (Å²) in [5, 5.41) is 0. The first-order chi connectivity index (χ1) is 11.5. The zero-order valence-electron chi connectivity index (χ0n) is 16.3. The molecule has 0 spiro atoms. The van der Waals surface area contributed by atoms with E-state index in [1.165, 1.54) is 19.3 Å². The van der Waals surface area contributed by atoms with E-state index in [2.05, 4.69) is 30.8 Å². The highest BCUT2D eigenvalue weighted by Gasteiger charge is 2.05. The number of hydrogen-bond acceptors (Lipinski definition) is 5. The van der Waals surface area contributed by atoms with E-state index in [0.29, 0.717) is 25.2 Å². The van der Waals surface area contributed by atoms with Crippen LogP contribution in [0.2, 0.25) is 0 Å². The first kappa shape index (κ1) is 23.1. The van der Waals surface area contributed by atoms with Crippen molar-refractivity contribution in [2.75, 3.05) is 46.9 Å². The molecular weight excluding hydrogens is 304 g/mol. The molecule has 0 rings (SSSR count). The van der Waals surface area contributed by atoms with Gasteiger partial charge in [0.1, 0.15) is 5.78 Å². The van der Waals surface area contributed by atoms with E-state index < -0.39 is 0 Å².